The summed E-state index contributed by atoms with van der Waals surface area (Å²) in [5.41, 5.74) is 1.78. The third kappa shape index (κ3) is 2.90. The summed E-state index contributed by atoms with van der Waals surface area (Å²) in [4.78, 5) is 12.6. The number of ether oxygens (including phenoxy) is 1. The van der Waals surface area contributed by atoms with E-state index in [9.17, 15) is 4.79 Å². The van der Waals surface area contributed by atoms with Gasteiger partial charge in [0.05, 0.1) is 12.7 Å². The molecule has 4 aliphatic carbocycles. The number of fused-ring (bicyclic) bond motifs is 5. The van der Waals surface area contributed by atoms with Gasteiger partial charge in [0.25, 0.3) is 0 Å². The molecule has 0 unspecified atom stereocenters. The van der Waals surface area contributed by atoms with Crippen molar-refractivity contribution in [2.24, 2.45) is 34.5 Å². The summed E-state index contributed by atoms with van der Waals surface area (Å²) in [6, 6.07) is 10.6. The van der Waals surface area contributed by atoms with Crippen LogP contribution in [-0.4, -0.2) is 11.9 Å². The van der Waals surface area contributed by atoms with Gasteiger partial charge < -0.3 is 4.74 Å². The highest BCUT2D eigenvalue weighted by atomic mass is 16.5. The Kier molecular flexibility index (Phi) is 4.69. The second-order valence-corrected chi connectivity index (χ2v) is 10.8. The monoisotopic (exact) mass is 380 g/mol. The van der Waals surface area contributed by atoms with Crippen molar-refractivity contribution in [1.82, 2.24) is 0 Å². The molecule has 0 amide bonds. The zero-order chi connectivity index (χ0) is 19.4. The molecule has 2 heteroatoms. The third-order valence-electron chi connectivity index (χ3n) is 9.66. The fourth-order valence-corrected chi connectivity index (χ4v) is 7.93. The van der Waals surface area contributed by atoms with Gasteiger partial charge in [-0.05, 0) is 86.0 Å². The molecule has 0 bridgehead atoms. The topological polar surface area (TPSA) is 26.3 Å². The number of rotatable bonds is 3. The number of hydrogen-bond donors (Lipinski definition) is 0. The molecule has 0 saturated heterocycles. The van der Waals surface area contributed by atoms with E-state index >= 15 is 0 Å². The summed E-state index contributed by atoms with van der Waals surface area (Å²) >= 11 is 0. The summed E-state index contributed by atoms with van der Waals surface area (Å²) in [5, 5.41) is 0. The molecule has 152 valence electrons. The van der Waals surface area contributed by atoms with Crippen LogP contribution in [0.5, 0.6) is 0 Å². The van der Waals surface area contributed by atoms with Gasteiger partial charge in [0.2, 0.25) is 0 Å². The van der Waals surface area contributed by atoms with E-state index in [0.29, 0.717) is 23.2 Å². The standard InChI is InChI=1S/C26H36O2/c1-25-14-12-20(28-17-18-6-4-3-5-7-18)16-19(25)8-9-21-22-10-11-24(27)26(22,2)15-13-23(21)25/h3-7,19-23H,8-17H2,1-2H3/t19-,20+,21+,22+,23+,25-,26-/m0/s1. The fourth-order valence-electron chi connectivity index (χ4n) is 7.93. The van der Waals surface area contributed by atoms with E-state index in [0.717, 1.165) is 37.2 Å². The van der Waals surface area contributed by atoms with E-state index in [-0.39, 0.29) is 5.41 Å². The van der Waals surface area contributed by atoms with Crippen molar-refractivity contribution in [1.29, 1.82) is 0 Å². The van der Waals surface area contributed by atoms with Crippen LogP contribution in [0.1, 0.15) is 77.2 Å². The molecule has 1 aromatic carbocycles. The Morgan fingerprint density at radius 1 is 0.964 bits per heavy atom. The van der Waals surface area contributed by atoms with Crippen LogP contribution >= 0.6 is 0 Å². The lowest BCUT2D eigenvalue weighted by molar-refractivity contribution is -0.145. The Bertz CT molecular complexity index is 727. The lowest BCUT2D eigenvalue weighted by Gasteiger charge is -2.60. The van der Waals surface area contributed by atoms with Gasteiger partial charge in [0, 0.05) is 11.8 Å². The van der Waals surface area contributed by atoms with Crippen molar-refractivity contribution in [2.45, 2.75) is 84.3 Å². The van der Waals surface area contributed by atoms with Crippen LogP contribution in [0.15, 0.2) is 30.3 Å². The van der Waals surface area contributed by atoms with Crippen molar-refractivity contribution < 1.29 is 9.53 Å². The van der Waals surface area contributed by atoms with Crippen molar-refractivity contribution in [2.75, 3.05) is 0 Å². The zero-order valence-electron chi connectivity index (χ0n) is 17.7. The summed E-state index contributed by atoms with van der Waals surface area (Å²) in [5.74, 6) is 3.69. The van der Waals surface area contributed by atoms with Crippen LogP contribution < -0.4 is 0 Å². The van der Waals surface area contributed by atoms with Gasteiger partial charge in [-0.3, -0.25) is 4.79 Å². The zero-order valence-corrected chi connectivity index (χ0v) is 17.7. The Morgan fingerprint density at radius 2 is 1.79 bits per heavy atom. The molecule has 0 N–H and O–H groups in total. The van der Waals surface area contributed by atoms with Gasteiger partial charge >= 0.3 is 0 Å². The maximum Gasteiger partial charge on any atom is 0.139 e. The van der Waals surface area contributed by atoms with Crippen LogP contribution in [0, 0.1) is 34.5 Å². The first-order valence-corrected chi connectivity index (χ1v) is 11.7. The van der Waals surface area contributed by atoms with Crippen molar-refractivity contribution in [3.63, 3.8) is 0 Å². The molecule has 0 radical (unpaired) electrons. The number of carbonyl (C=O) groups excluding carboxylic acids is 1. The molecule has 5 rings (SSSR count). The summed E-state index contributed by atoms with van der Waals surface area (Å²) in [7, 11) is 0. The normalized spacial score (nSPS) is 45.2. The second kappa shape index (κ2) is 6.97. The molecule has 4 fully saturated rings. The molecular weight excluding hydrogens is 344 g/mol. The average molecular weight is 381 g/mol. The van der Waals surface area contributed by atoms with E-state index in [1.54, 1.807) is 0 Å². The Morgan fingerprint density at radius 3 is 2.61 bits per heavy atom. The second-order valence-electron chi connectivity index (χ2n) is 10.8. The summed E-state index contributed by atoms with van der Waals surface area (Å²) in [6.45, 7) is 5.65. The van der Waals surface area contributed by atoms with E-state index in [1.807, 2.05) is 0 Å². The summed E-state index contributed by atoms with van der Waals surface area (Å²) in [6.07, 6.45) is 11.3. The quantitative estimate of drug-likeness (QED) is 0.625. The Hall–Kier alpha value is -1.15. The maximum atomic E-state index is 12.6. The van der Waals surface area contributed by atoms with E-state index < -0.39 is 0 Å². The van der Waals surface area contributed by atoms with Crippen molar-refractivity contribution in [3.05, 3.63) is 35.9 Å². The predicted molar refractivity (Wildman–Crippen MR) is 112 cm³/mol. The van der Waals surface area contributed by atoms with Gasteiger partial charge in [0.1, 0.15) is 5.78 Å². The molecule has 4 saturated carbocycles. The van der Waals surface area contributed by atoms with Crippen LogP contribution in [0.25, 0.3) is 0 Å². The number of hydrogen-bond acceptors (Lipinski definition) is 2. The number of carbonyl (C=O) groups is 1. The first kappa shape index (κ1) is 18.9. The van der Waals surface area contributed by atoms with Crippen LogP contribution in [0.2, 0.25) is 0 Å². The Labute approximate surface area is 170 Å². The molecule has 7 atom stereocenters. The molecule has 2 nitrogen and oxygen atoms in total. The Balaban J connectivity index is 1.27. The fraction of sp³-hybridized carbons (Fsp3) is 0.731. The van der Waals surface area contributed by atoms with Crippen LogP contribution in [-0.2, 0) is 16.1 Å². The smallest absolute Gasteiger partial charge is 0.139 e. The predicted octanol–water partition coefficient (Wildman–Crippen LogP) is 6.18. The molecule has 0 heterocycles. The summed E-state index contributed by atoms with van der Waals surface area (Å²) < 4.78 is 6.35. The van der Waals surface area contributed by atoms with Crippen LogP contribution in [0.4, 0.5) is 0 Å². The first-order chi connectivity index (χ1) is 13.5. The van der Waals surface area contributed by atoms with Gasteiger partial charge in [-0.25, -0.2) is 0 Å². The lowest BCUT2D eigenvalue weighted by atomic mass is 9.45. The van der Waals surface area contributed by atoms with E-state index in [4.69, 9.17) is 4.74 Å². The van der Waals surface area contributed by atoms with Gasteiger partial charge in [-0.1, -0.05) is 44.2 Å². The minimum absolute atomic E-state index is 0.0142. The number of ketones is 1. The lowest BCUT2D eigenvalue weighted by Crippen LogP contribution is -2.54. The molecule has 0 spiro atoms. The van der Waals surface area contributed by atoms with Crippen LogP contribution in [0.3, 0.4) is 0 Å². The number of Topliss-reactive ketones (excluding diaryl/α,β-unsaturated/α-hetero) is 1. The SMILES string of the molecule is C[C@]12CC[C@@H](OCc3ccccc3)C[C@@H]1CC[C@H]1[C@H]2CC[C@]2(C)C(=O)CC[C@H]12. The van der Waals surface area contributed by atoms with E-state index in [1.165, 1.54) is 50.5 Å². The highest BCUT2D eigenvalue weighted by molar-refractivity contribution is 5.87. The molecule has 4 aliphatic rings. The third-order valence-corrected chi connectivity index (χ3v) is 9.66. The minimum Gasteiger partial charge on any atom is -0.374 e. The molecular formula is C26H36O2. The van der Waals surface area contributed by atoms with E-state index in [2.05, 4.69) is 44.2 Å². The van der Waals surface area contributed by atoms with Gasteiger partial charge in [0.15, 0.2) is 0 Å². The molecule has 0 aromatic heterocycles. The number of benzene rings is 1. The van der Waals surface area contributed by atoms with Crippen molar-refractivity contribution >= 4 is 5.78 Å². The van der Waals surface area contributed by atoms with Gasteiger partial charge in [-0.2, -0.15) is 0 Å². The highest BCUT2D eigenvalue weighted by Crippen LogP contribution is 2.65. The minimum atomic E-state index is 0.0142. The highest BCUT2D eigenvalue weighted by Gasteiger charge is 2.60. The largest absolute Gasteiger partial charge is 0.374 e. The molecule has 1 aromatic rings. The maximum absolute atomic E-state index is 12.6. The van der Waals surface area contributed by atoms with Crippen molar-refractivity contribution in [3.8, 4) is 0 Å². The first-order valence-electron chi connectivity index (χ1n) is 11.7. The van der Waals surface area contributed by atoms with Gasteiger partial charge in [-0.15, -0.1) is 0 Å². The average Bonchev–Trinajstić information content (AvgIpc) is 3.02. The molecule has 0 aliphatic heterocycles. The molecule has 28 heavy (non-hydrogen) atoms.